The number of anilines is 1. The Hall–Kier alpha value is -2.33. The van der Waals surface area contributed by atoms with Crippen LogP contribution in [0.4, 0.5) is 5.69 Å². The summed E-state index contributed by atoms with van der Waals surface area (Å²) in [5.41, 5.74) is 1.98. The van der Waals surface area contributed by atoms with E-state index >= 15 is 0 Å². The van der Waals surface area contributed by atoms with Crippen LogP contribution in [0.2, 0.25) is 0 Å². The van der Waals surface area contributed by atoms with E-state index in [1.165, 1.54) is 5.56 Å². The van der Waals surface area contributed by atoms with Crippen LogP contribution in [0, 0.1) is 0 Å². The van der Waals surface area contributed by atoms with E-state index in [-0.39, 0.29) is 18.5 Å². The van der Waals surface area contributed by atoms with E-state index in [1.807, 2.05) is 42.5 Å². The third kappa shape index (κ3) is 6.59. The van der Waals surface area contributed by atoms with Crippen LogP contribution in [0.25, 0.3) is 0 Å². The lowest BCUT2D eigenvalue weighted by Crippen LogP contribution is -2.31. The van der Waals surface area contributed by atoms with Gasteiger partial charge < -0.3 is 15.4 Å². The van der Waals surface area contributed by atoms with Gasteiger partial charge in [-0.25, -0.2) is 0 Å². The summed E-state index contributed by atoms with van der Waals surface area (Å²) in [5.74, 6) is 0.786. The summed E-state index contributed by atoms with van der Waals surface area (Å²) >= 11 is 0. The number of ether oxygens (including phenoxy) is 1. The number of hydrogen-bond acceptors (Lipinski definition) is 3. The van der Waals surface area contributed by atoms with Gasteiger partial charge in [0, 0.05) is 11.7 Å². The van der Waals surface area contributed by atoms with Crippen molar-refractivity contribution in [1.29, 1.82) is 0 Å². The van der Waals surface area contributed by atoms with Gasteiger partial charge in [-0.3, -0.25) is 4.79 Å². The average Bonchev–Trinajstić information content (AvgIpc) is 2.65. The molecule has 4 heteroatoms. The van der Waals surface area contributed by atoms with E-state index in [2.05, 4.69) is 36.6 Å². The topological polar surface area (TPSA) is 50.4 Å². The molecule has 0 radical (unpaired) electrons. The Morgan fingerprint density at radius 2 is 1.76 bits per heavy atom. The van der Waals surface area contributed by atoms with Gasteiger partial charge in [0.05, 0.1) is 13.2 Å². The zero-order valence-corrected chi connectivity index (χ0v) is 15.1. The third-order valence-electron chi connectivity index (χ3n) is 4.02. The van der Waals surface area contributed by atoms with Crippen LogP contribution in [0.5, 0.6) is 5.75 Å². The molecule has 25 heavy (non-hydrogen) atoms. The van der Waals surface area contributed by atoms with Gasteiger partial charge in [-0.05, 0) is 42.7 Å². The molecular formula is C21H28N2O2. The molecule has 2 aromatic rings. The van der Waals surface area contributed by atoms with Crippen LogP contribution in [0.1, 0.15) is 44.7 Å². The molecule has 0 heterocycles. The van der Waals surface area contributed by atoms with Gasteiger partial charge >= 0.3 is 0 Å². The predicted molar refractivity (Wildman–Crippen MR) is 103 cm³/mol. The second-order valence-corrected chi connectivity index (χ2v) is 6.03. The first-order chi connectivity index (χ1) is 12.2. The Labute approximate surface area is 150 Å². The van der Waals surface area contributed by atoms with Crippen LogP contribution in [-0.4, -0.2) is 19.1 Å². The molecule has 0 aliphatic carbocycles. The van der Waals surface area contributed by atoms with Crippen LogP contribution < -0.4 is 15.4 Å². The zero-order chi connectivity index (χ0) is 17.9. The minimum Gasteiger partial charge on any atom is -0.494 e. The van der Waals surface area contributed by atoms with Crippen molar-refractivity contribution in [3.63, 3.8) is 0 Å². The summed E-state index contributed by atoms with van der Waals surface area (Å²) in [6, 6.07) is 17.9. The summed E-state index contributed by atoms with van der Waals surface area (Å²) < 4.78 is 5.62. The van der Waals surface area contributed by atoms with E-state index in [0.29, 0.717) is 0 Å². The molecule has 2 N–H and O–H groups in total. The molecule has 134 valence electrons. The summed E-state index contributed by atoms with van der Waals surface area (Å²) in [4.78, 5) is 12.2. The highest BCUT2D eigenvalue weighted by Gasteiger charge is 2.10. The molecule has 1 unspecified atom stereocenters. The molecule has 4 nitrogen and oxygen atoms in total. The smallest absolute Gasteiger partial charge is 0.238 e. The van der Waals surface area contributed by atoms with E-state index in [0.717, 1.165) is 37.3 Å². The first kappa shape index (κ1) is 19.0. The molecule has 0 saturated heterocycles. The van der Waals surface area contributed by atoms with Crippen LogP contribution in [0.15, 0.2) is 54.6 Å². The molecule has 0 aliphatic heterocycles. The fourth-order valence-electron chi connectivity index (χ4n) is 2.57. The van der Waals surface area contributed by atoms with Crippen molar-refractivity contribution < 1.29 is 9.53 Å². The summed E-state index contributed by atoms with van der Waals surface area (Å²) in [5, 5.41) is 6.23. The first-order valence-corrected chi connectivity index (χ1v) is 9.04. The largest absolute Gasteiger partial charge is 0.494 e. The Morgan fingerprint density at radius 1 is 1.04 bits per heavy atom. The summed E-state index contributed by atoms with van der Waals surface area (Å²) in [6.07, 6.45) is 3.09. The number of benzene rings is 2. The lowest BCUT2D eigenvalue weighted by Gasteiger charge is -2.17. The number of nitrogens with one attached hydrogen (secondary N) is 2. The summed E-state index contributed by atoms with van der Waals surface area (Å²) in [7, 11) is 0. The highest BCUT2D eigenvalue weighted by Crippen LogP contribution is 2.17. The second-order valence-electron chi connectivity index (χ2n) is 6.03. The highest BCUT2D eigenvalue weighted by molar-refractivity contribution is 5.92. The van der Waals surface area contributed by atoms with Crippen molar-refractivity contribution in [3.8, 4) is 5.75 Å². The number of amides is 1. The van der Waals surface area contributed by atoms with Crippen LogP contribution >= 0.6 is 0 Å². The molecule has 0 aliphatic rings. The van der Waals surface area contributed by atoms with Crippen molar-refractivity contribution in [1.82, 2.24) is 5.32 Å². The maximum Gasteiger partial charge on any atom is 0.238 e. The van der Waals surface area contributed by atoms with Crippen molar-refractivity contribution in [2.24, 2.45) is 0 Å². The van der Waals surface area contributed by atoms with Crippen LogP contribution in [-0.2, 0) is 4.79 Å². The molecule has 0 bridgehead atoms. The molecule has 2 rings (SSSR count). The van der Waals surface area contributed by atoms with Gasteiger partial charge in [0.1, 0.15) is 5.75 Å². The first-order valence-electron chi connectivity index (χ1n) is 9.04. The maximum atomic E-state index is 12.2. The van der Waals surface area contributed by atoms with Gasteiger partial charge in [0.15, 0.2) is 0 Å². The van der Waals surface area contributed by atoms with Crippen molar-refractivity contribution in [3.05, 3.63) is 60.2 Å². The Bertz CT molecular complexity index is 626. The van der Waals surface area contributed by atoms with Crippen LogP contribution in [0.3, 0.4) is 0 Å². The second kappa shape index (κ2) is 10.5. The Balaban J connectivity index is 1.79. The minimum absolute atomic E-state index is 0.0472. The van der Waals surface area contributed by atoms with Gasteiger partial charge in [0.2, 0.25) is 5.91 Å². The van der Waals surface area contributed by atoms with Gasteiger partial charge in [0.25, 0.3) is 0 Å². The molecular weight excluding hydrogens is 312 g/mol. The normalized spacial score (nSPS) is 11.8. The molecule has 0 fully saturated rings. The highest BCUT2D eigenvalue weighted by atomic mass is 16.5. The number of hydrogen-bond donors (Lipinski definition) is 2. The number of carbonyl (C=O) groups is 1. The van der Waals surface area contributed by atoms with E-state index in [4.69, 9.17) is 4.74 Å². The fraction of sp³-hybridized carbons (Fsp3) is 0.381. The predicted octanol–water partition coefficient (Wildman–Crippen LogP) is 4.54. The third-order valence-corrected chi connectivity index (χ3v) is 4.02. The molecule has 2 aromatic carbocycles. The summed E-state index contributed by atoms with van der Waals surface area (Å²) in [6.45, 7) is 5.25. The SMILES string of the molecule is CCCCOc1ccc(NC(=O)CNC(CC)c2ccccc2)cc1. The number of rotatable bonds is 10. The lowest BCUT2D eigenvalue weighted by molar-refractivity contribution is -0.115. The number of unbranched alkanes of at least 4 members (excludes halogenated alkanes) is 1. The lowest BCUT2D eigenvalue weighted by atomic mass is 10.0. The van der Waals surface area contributed by atoms with Gasteiger partial charge in [-0.15, -0.1) is 0 Å². The molecule has 1 atom stereocenters. The van der Waals surface area contributed by atoms with Crippen molar-refractivity contribution >= 4 is 11.6 Å². The van der Waals surface area contributed by atoms with Gasteiger partial charge in [-0.2, -0.15) is 0 Å². The zero-order valence-electron chi connectivity index (χ0n) is 15.1. The monoisotopic (exact) mass is 340 g/mol. The van der Waals surface area contributed by atoms with Crippen molar-refractivity contribution in [2.75, 3.05) is 18.5 Å². The van der Waals surface area contributed by atoms with Crippen molar-refractivity contribution in [2.45, 2.75) is 39.2 Å². The number of carbonyl (C=O) groups excluding carboxylic acids is 1. The standard InChI is InChI=1S/C21H28N2O2/c1-3-5-15-25-19-13-11-18(12-14-19)23-21(24)16-22-20(4-2)17-9-7-6-8-10-17/h6-14,20,22H,3-5,15-16H2,1-2H3,(H,23,24). The molecule has 0 aromatic heterocycles. The molecule has 0 spiro atoms. The average molecular weight is 340 g/mol. The maximum absolute atomic E-state index is 12.2. The fourth-order valence-corrected chi connectivity index (χ4v) is 2.57. The minimum atomic E-state index is -0.0472. The molecule has 0 saturated carbocycles. The molecule has 1 amide bonds. The van der Waals surface area contributed by atoms with E-state index in [1.54, 1.807) is 0 Å². The van der Waals surface area contributed by atoms with E-state index in [9.17, 15) is 4.79 Å². The Morgan fingerprint density at radius 3 is 2.40 bits per heavy atom. The Kier molecular flexibility index (Phi) is 7.99. The van der Waals surface area contributed by atoms with Gasteiger partial charge in [-0.1, -0.05) is 50.6 Å². The van der Waals surface area contributed by atoms with E-state index < -0.39 is 0 Å². The quantitative estimate of drug-likeness (QED) is 0.624.